The van der Waals surface area contributed by atoms with Crippen LogP contribution in [0.25, 0.3) is 0 Å². The number of nitrogens with zero attached hydrogens (tertiary/aromatic N) is 2. The van der Waals surface area contributed by atoms with Gasteiger partial charge in [0.2, 0.25) is 0 Å². The van der Waals surface area contributed by atoms with E-state index in [-0.39, 0.29) is 11.9 Å². The van der Waals surface area contributed by atoms with E-state index in [2.05, 4.69) is 4.98 Å². The maximum Gasteiger partial charge on any atom is 0.254 e. The Balaban J connectivity index is 2.23. The second-order valence-corrected chi connectivity index (χ2v) is 4.98. The summed E-state index contributed by atoms with van der Waals surface area (Å²) in [6.45, 7) is 4.59. The molecule has 0 atom stereocenters. The smallest absolute Gasteiger partial charge is 0.254 e. The highest BCUT2D eigenvalue weighted by Crippen LogP contribution is 2.14. The molecule has 0 radical (unpaired) electrons. The highest BCUT2D eigenvalue weighted by molar-refractivity contribution is 5.94. The standard InChI is InChI=1S/C16H19N3O/c1-12(2)19(11-13-6-4-3-5-7-13)16(20)14-8-9-18-15(17)10-14/h3-10,12H,11H2,1-2H3,(H2,17,18). The minimum absolute atomic E-state index is 0.0297. The first-order chi connectivity index (χ1) is 9.58. The lowest BCUT2D eigenvalue weighted by molar-refractivity contribution is 0.0690. The van der Waals surface area contributed by atoms with Gasteiger partial charge in [0.05, 0.1) is 0 Å². The van der Waals surface area contributed by atoms with Crippen molar-refractivity contribution in [2.45, 2.75) is 26.4 Å². The van der Waals surface area contributed by atoms with Gasteiger partial charge in [-0.25, -0.2) is 4.98 Å². The number of carbonyl (C=O) groups is 1. The van der Waals surface area contributed by atoms with Crippen LogP contribution in [0.15, 0.2) is 48.7 Å². The van der Waals surface area contributed by atoms with Crippen molar-refractivity contribution in [3.8, 4) is 0 Å². The number of hydrogen-bond acceptors (Lipinski definition) is 3. The average molecular weight is 269 g/mol. The number of pyridine rings is 1. The van der Waals surface area contributed by atoms with Crippen LogP contribution in [0.4, 0.5) is 5.82 Å². The third-order valence-corrected chi connectivity index (χ3v) is 3.11. The predicted octanol–water partition coefficient (Wildman–Crippen LogP) is 2.71. The molecule has 2 rings (SSSR count). The van der Waals surface area contributed by atoms with E-state index in [1.807, 2.05) is 49.1 Å². The van der Waals surface area contributed by atoms with E-state index in [4.69, 9.17) is 5.73 Å². The molecule has 2 aromatic rings. The van der Waals surface area contributed by atoms with Gasteiger partial charge in [-0.05, 0) is 31.5 Å². The maximum absolute atomic E-state index is 12.6. The molecular formula is C16H19N3O. The topological polar surface area (TPSA) is 59.2 Å². The normalized spacial score (nSPS) is 10.6. The number of rotatable bonds is 4. The molecule has 0 aliphatic carbocycles. The van der Waals surface area contributed by atoms with Crippen LogP contribution in [0.1, 0.15) is 29.8 Å². The van der Waals surface area contributed by atoms with Crippen molar-refractivity contribution in [1.29, 1.82) is 0 Å². The molecule has 0 saturated heterocycles. The Labute approximate surface area is 119 Å². The van der Waals surface area contributed by atoms with Crippen molar-refractivity contribution >= 4 is 11.7 Å². The van der Waals surface area contributed by atoms with Crippen LogP contribution in [-0.2, 0) is 6.54 Å². The Morgan fingerprint density at radius 3 is 2.55 bits per heavy atom. The van der Waals surface area contributed by atoms with Crippen molar-refractivity contribution in [3.05, 3.63) is 59.8 Å². The molecule has 0 bridgehead atoms. The van der Waals surface area contributed by atoms with E-state index in [9.17, 15) is 4.79 Å². The van der Waals surface area contributed by atoms with E-state index in [0.29, 0.717) is 17.9 Å². The highest BCUT2D eigenvalue weighted by Gasteiger charge is 2.19. The molecule has 20 heavy (non-hydrogen) atoms. The van der Waals surface area contributed by atoms with Gasteiger partial charge in [-0.3, -0.25) is 4.79 Å². The Bertz CT molecular complexity index is 581. The van der Waals surface area contributed by atoms with E-state index in [1.54, 1.807) is 18.3 Å². The zero-order valence-corrected chi connectivity index (χ0v) is 11.8. The van der Waals surface area contributed by atoms with Gasteiger partial charge in [0.25, 0.3) is 5.91 Å². The minimum Gasteiger partial charge on any atom is -0.384 e. The largest absolute Gasteiger partial charge is 0.384 e. The summed E-state index contributed by atoms with van der Waals surface area (Å²) in [6, 6.07) is 13.4. The summed E-state index contributed by atoms with van der Waals surface area (Å²) < 4.78 is 0. The zero-order chi connectivity index (χ0) is 14.5. The molecule has 4 nitrogen and oxygen atoms in total. The van der Waals surface area contributed by atoms with Crippen LogP contribution < -0.4 is 5.73 Å². The Hall–Kier alpha value is -2.36. The summed E-state index contributed by atoms with van der Waals surface area (Å²) in [4.78, 5) is 18.3. The van der Waals surface area contributed by atoms with Gasteiger partial charge in [0.15, 0.2) is 0 Å². The van der Waals surface area contributed by atoms with Gasteiger partial charge >= 0.3 is 0 Å². The molecule has 1 aromatic carbocycles. The molecule has 0 unspecified atom stereocenters. The maximum atomic E-state index is 12.6. The Morgan fingerprint density at radius 1 is 1.25 bits per heavy atom. The van der Waals surface area contributed by atoms with E-state index >= 15 is 0 Å². The van der Waals surface area contributed by atoms with Crippen molar-refractivity contribution in [1.82, 2.24) is 9.88 Å². The molecule has 0 aliphatic heterocycles. The summed E-state index contributed by atoms with van der Waals surface area (Å²) >= 11 is 0. The second kappa shape index (κ2) is 6.19. The lowest BCUT2D eigenvalue weighted by Crippen LogP contribution is -2.36. The summed E-state index contributed by atoms with van der Waals surface area (Å²) in [5.41, 5.74) is 7.32. The van der Waals surface area contributed by atoms with Gasteiger partial charge < -0.3 is 10.6 Å². The molecule has 1 heterocycles. The van der Waals surface area contributed by atoms with E-state index < -0.39 is 0 Å². The lowest BCUT2D eigenvalue weighted by atomic mass is 10.1. The number of nitrogen functional groups attached to an aromatic ring is 1. The van der Waals surface area contributed by atoms with Crippen molar-refractivity contribution in [3.63, 3.8) is 0 Å². The van der Waals surface area contributed by atoms with Crippen molar-refractivity contribution in [2.75, 3.05) is 5.73 Å². The van der Waals surface area contributed by atoms with Gasteiger partial charge in [0, 0.05) is 24.3 Å². The third-order valence-electron chi connectivity index (χ3n) is 3.11. The summed E-state index contributed by atoms with van der Waals surface area (Å²) in [5, 5.41) is 0. The van der Waals surface area contributed by atoms with Gasteiger partial charge in [0.1, 0.15) is 5.82 Å². The summed E-state index contributed by atoms with van der Waals surface area (Å²) in [7, 11) is 0. The SMILES string of the molecule is CC(C)N(Cc1ccccc1)C(=O)c1ccnc(N)c1. The molecule has 0 spiro atoms. The molecule has 4 heteroatoms. The first-order valence-electron chi connectivity index (χ1n) is 6.64. The van der Waals surface area contributed by atoms with Crippen LogP contribution in [0.3, 0.4) is 0 Å². The first kappa shape index (κ1) is 14.1. The minimum atomic E-state index is -0.0297. The Morgan fingerprint density at radius 2 is 1.95 bits per heavy atom. The number of carbonyl (C=O) groups excluding carboxylic acids is 1. The lowest BCUT2D eigenvalue weighted by Gasteiger charge is -2.27. The predicted molar refractivity (Wildman–Crippen MR) is 80.1 cm³/mol. The van der Waals surface area contributed by atoms with Crippen LogP contribution in [0, 0.1) is 0 Å². The number of aromatic nitrogens is 1. The van der Waals surface area contributed by atoms with Crippen molar-refractivity contribution in [2.24, 2.45) is 0 Å². The molecule has 2 N–H and O–H groups in total. The number of hydrogen-bond donors (Lipinski definition) is 1. The fraction of sp³-hybridized carbons (Fsp3) is 0.250. The number of benzene rings is 1. The first-order valence-corrected chi connectivity index (χ1v) is 6.64. The third kappa shape index (κ3) is 3.35. The molecule has 0 saturated carbocycles. The van der Waals surface area contributed by atoms with Crippen LogP contribution in [0.2, 0.25) is 0 Å². The number of anilines is 1. The molecule has 104 valence electrons. The molecule has 1 aromatic heterocycles. The number of nitrogens with two attached hydrogens (primary N) is 1. The zero-order valence-electron chi connectivity index (χ0n) is 11.8. The molecule has 1 amide bonds. The number of amides is 1. The quantitative estimate of drug-likeness (QED) is 0.928. The average Bonchev–Trinajstić information content (AvgIpc) is 2.45. The second-order valence-electron chi connectivity index (χ2n) is 4.98. The summed E-state index contributed by atoms with van der Waals surface area (Å²) in [5.74, 6) is 0.331. The van der Waals surface area contributed by atoms with Gasteiger partial charge in [-0.15, -0.1) is 0 Å². The molecule has 0 aliphatic rings. The van der Waals surface area contributed by atoms with Crippen LogP contribution in [0.5, 0.6) is 0 Å². The van der Waals surface area contributed by atoms with Gasteiger partial charge in [-0.1, -0.05) is 30.3 Å². The summed E-state index contributed by atoms with van der Waals surface area (Å²) in [6.07, 6.45) is 1.56. The van der Waals surface area contributed by atoms with E-state index in [1.165, 1.54) is 0 Å². The van der Waals surface area contributed by atoms with Gasteiger partial charge in [-0.2, -0.15) is 0 Å². The Kier molecular flexibility index (Phi) is 4.35. The molecular weight excluding hydrogens is 250 g/mol. The highest BCUT2D eigenvalue weighted by atomic mass is 16.2. The van der Waals surface area contributed by atoms with Crippen molar-refractivity contribution < 1.29 is 4.79 Å². The fourth-order valence-electron chi connectivity index (χ4n) is 2.02. The monoisotopic (exact) mass is 269 g/mol. The van der Waals surface area contributed by atoms with Crippen LogP contribution in [-0.4, -0.2) is 21.8 Å². The van der Waals surface area contributed by atoms with Crippen LogP contribution >= 0.6 is 0 Å². The molecule has 0 fully saturated rings. The fourth-order valence-corrected chi connectivity index (χ4v) is 2.02. The van der Waals surface area contributed by atoms with E-state index in [0.717, 1.165) is 5.56 Å².